The van der Waals surface area contributed by atoms with Gasteiger partial charge in [0, 0.05) is 22.3 Å². The van der Waals surface area contributed by atoms with Gasteiger partial charge >= 0.3 is 0 Å². The van der Waals surface area contributed by atoms with Gasteiger partial charge in [0.25, 0.3) is 0 Å². The van der Waals surface area contributed by atoms with Crippen molar-refractivity contribution in [3.63, 3.8) is 0 Å². The Balaban J connectivity index is 0.000000276. The molecule has 0 spiro atoms. The molecule has 0 amide bonds. The molecule has 10 heteroatoms. The van der Waals surface area contributed by atoms with E-state index >= 15 is 0 Å². The second-order valence-electron chi connectivity index (χ2n) is 13.7. The van der Waals surface area contributed by atoms with E-state index in [1.165, 1.54) is 38.8 Å². The average Bonchev–Trinajstić information content (AvgIpc) is 3.63. The van der Waals surface area contributed by atoms with Crippen molar-refractivity contribution in [3.05, 3.63) is 141 Å². The number of nitrogens with one attached hydrogen (secondary N) is 3. The van der Waals surface area contributed by atoms with Crippen LogP contribution in [0, 0.1) is 64.3 Å². The number of rotatable bonds is 8. The van der Waals surface area contributed by atoms with Gasteiger partial charge in [0.15, 0.2) is 11.6 Å². The molecule has 1 aliphatic rings. The minimum absolute atomic E-state index is 0.408. The maximum Gasteiger partial charge on any atom is 0.230 e. The normalized spacial score (nSPS) is 13.6. The third kappa shape index (κ3) is 8.82. The number of anilines is 4. The fraction of sp³-hybridized carbons (Fsp3) is 0.205. The third-order valence-corrected chi connectivity index (χ3v) is 9.96. The smallest absolute Gasteiger partial charge is 0.230 e. The second kappa shape index (κ2) is 16.6. The monoisotopic (exact) mass is 729 g/mol. The summed E-state index contributed by atoms with van der Waals surface area (Å²) in [4.78, 5) is 9.47. The highest BCUT2D eigenvalue weighted by atomic mass is 32.1. The summed E-state index contributed by atoms with van der Waals surface area (Å²) in [5.41, 5.74) is 19.1. The molecule has 3 N–H and O–H groups in total. The van der Waals surface area contributed by atoms with Crippen LogP contribution in [0.4, 0.5) is 39.5 Å². The van der Waals surface area contributed by atoms with Crippen molar-refractivity contribution in [2.45, 2.75) is 54.9 Å². The zero-order valence-electron chi connectivity index (χ0n) is 31.6. The van der Waals surface area contributed by atoms with Crippen LogP contribution in [0.3, 0.4) is 0 Å². The first-order valence-corrected chi connectivity index (χ1v) is 18.7. The molecule has 2 aromatic heterocycles. The fourth-order valence-corrected chi connectivity index (χ4v) is 6.83. The van der Waals surface area contributed by atoms with Gasteiger partial charge in [0.2, 0.25) is 5.13 Å². The predicted octanol–water partition coefficient (Wildman–Crippen LogP) is 13.6. The van der Waals surface area contributed by atoms with Gasteiger partial charge < -0.3 is 10.6 Å². The summed E-state index contributed by atoms with van der Waals surface area (Å²) in [6.45, 7) is 14.4. The van der Waals surface area contributed by atoms with Crippen LogP contribution in [-0.2, 0) is 0 Å². The number of hydrogen-bond acceptors (Lipinski definition) is 10. The molecule has 54 heavy (non-hydrogen) atoms. The van der Waals surface area contributed by atoms with Crippen molar-refractivity contribution in [3.8, 4) is 6.07 Å². The van der Waals surface area contributed by atoms with Crippen LogP contribution in [0.1, 0.15) is 58.0 Å². The number of nitrogens with zero attached hydrogens (tertiary/aromatic N) is 6. The predicted molar refractivity (Wildman–Crippen MR) is 223 cm³/mol. The zero-order chi connectivity index (χ0) is 38.4. The highest BCUT2D eigenvalue weighted by molar-refractivity contribution is 7.13. The number of pyridine rings is 1. The Hall–Kier alpha value is -6.31. The molecule has 7 rings (SSSR count). The Morgan fingerprint density at radius 2 is 1.41 bits per heavy atom. The van der Waals surface area contributed by atoms with E-state index in [0.717, 1.165) is 45.9 Å². The number of nitriles is 1. The van der Waals surface area contributed by atoms with Gasteiger partial charge in [-0.2, -0.15) is 10.4 Å². The number of hydrogen-bond donors (Lipinski definition) is 3. The molecular formula is C44H43N9S. The lowest BCUT2D eigenvalue weighted by Crippen LogP contribution is -2.04. The standard InChI is InChI=1S/C31H29N7S.C13H14N2/c1-19-5-11-23(12-6-19)27-18-39-31(35-27)38-37-28-22(4)26(17-32)29(33-24-13-7-20(2)8-14-24)36-30(28)34-25-15-9-21(3)10-16-25;1-8-4-9(2)13-7-11(15-14)6-10(3)12(13)5-8/h5,7-16,18-19H,6H2,1-4H3,(H2,33,34,36);4-7,14H,1-3H3. The van der Waals surface area contributed by atoms with Crippen molar-refractivity contribution >= 4 is 67.2 Å². The third-order valence-electron chi connectivity index (χ3n) is 9.23. The van der Waals surface area contributed by atoms with Gasteiger partial charge in [-0.15, -0.1) is 21.6 Å². The number of benzene rings is 4. The van der Waals surface area contributed by atoms with Gasteiger partial charge in [-0.25, -0.2) is 15.5 Å². The van der Waals surface area contributed by atoms with E-state index in [1.54, 1.807) is 0 Å². The minimum Gasteiger partial charge on any atom is -0.339 e. The van der Waals surface area contributed by atoms with Crippen molar-refractivity contribution in [2.24, 2.45) is 21.3 Å². The topological polar surface area (TPSA) is 135 Å². The van der Waals surface area contributed by atoms with E-state index in [9.17, 15) is 5.26 Å². The SMILES string of the molecule is Cc1cc(C)c2cc(N=N)cc(C)c2c1.Cc1ccc(Nc2nc(Nc3ccc(C)cc3)c(N=Nc3nc(C4=CCC(C)C=C4)cs3)c(C)c2C#N)cc1. The number of allylic oxidation sites excluding steroid dienone is 4. The van der Waals surface area contributed by atoms with Gasteiger partial charge in [-0.1, -0.05) is 78.2 Å². The van der Waals surface area contributed by atoms with E-state index in [0.29, 0.717) is 39.5 Å². The molecule has 6 aromatic rings. The van der Waals surface area contributed by atoms with E-state index in [2.05, 4.69) is 95.1 Å². The summed E-state index contributed by atoms with van der Waals surface area (Å²) < 4.78 is 0. The van der Waals surface area contributed by atoms with Crippen LogP contribution in [0.15, 0.2) is 112 Å². The summed E-state index contributed by atoms with van der Waals surface area (Å²) in [7, 11) is 0. The molecule has 0 saturated carbocycles. The van der Waals surface area contributed by atoms with Gasteiger partial charge in [-0.05, 0) is 118 Å². The van der Waals surface area contributed by atoms with E-state index < -0.39 is 0 Å². The highest BCUT2D eigenvalue weighted by Crippen LogP contribution is 2.38. The Morgan fingerprint density at radius 3 is 2.02 bits per heavy atom. The van der Waals surface area contributed by atoms with Crippen molar-refractivity contribution < 1.29 is 0 Å². The summed E-state index contributed by atoms with van der Waals surface area (Å²) in [6.07, 6.45) is 7.51. The summed E-state index contributed by atoms with van der Waals surface area (Å²) >= 11 is 1.43. The molecule has 9 nitrogen and oxygen atoms in total. The maximum absolute atomic E-state index is 10.1. The molecule has 270 valence electrons. The van der Waals surface area contributed by atoms with E-state index in [4.69, 9.17) is 10.5 Å². The minimum atomic E-state index is 0.408. The first-order valence-electron chi connectivity index (χ1n) is 17.8. The maximum atomic E-state index is 10.1. The van der Waals surface area contributed by atoms with E-state index in [1.807, 2.05) is 86.8 Å². The number of aromatic nitrogens is 2. The zero-order valence-corrected chi connectivity index (χ0v) is 32.4. The fourth-order valence-electron chi connectivity index (χ4n) is 6.18. The lowest BCUT2D eigenvalue weighted by atomic mass is 9.97. The Kier molecular flexibility index (Phi) is 11.5. The lowest BCUT2D eigenvalue weighted by molar-refractivity contribution is 0.739. The molecule has 1 aliphatic carbocycles. The molecule has 0 aliphatic heterocycles. The number of fused-ring (bicyclic) bond motifs is 1. The van der Waals surface area contributed by atoms with Crippen LogP contribution in [0.25, 0.3) is 16.3 Å². The Bertz CT molecular complexity index is 2470. The molecule has 0 bridgehead atoms. The number of azo groups is 1. The molecule has 4 aromatic carbocycles. The summed E-state index contributed by atoms with van der Waals surface area (Å²) in [5.74, 6) is 1.49. The van der Waals surface area contributed by atoms with Gasteiger partial charge in [0.1, 0.15) is 11.8 Å². The molecule has 1 unspecified atom stereocenters. The van der Waals surface area contributed by atoms with Crippen LogP contribution >= 0.6 is 11.3 Å². The van der Waals surface area contributed by atoms with Crippen molar-refractivity contribution in [2.75, 3.05) is 10.6 Å². The second-order valence-corrected chi connectivity index (χ2v) is 14.6. The first-order chi connectivity index (χ1) is 26.0. The number of aryl methyl sites for hydroxylation is 5. The number of thiazole rings is 1. The van der Waals surface area contributed by atoms with Crippen molar-refractivity contribution in [1.29, 1.82) is 10.8 Å². The summed E-state index contributed by atoms with van der Waals surface area (Å²) in [6, 6.07) is 26.5. The van der Waals surface area contributed by atoms with Crippen LogP contribution in [0.2, 0.25) is 0 Å². The molecule has 0 fully saturated rings. The molecule has 0 saturated heterocycles. The van der Waals surface area contributed by atoms with Crippen LogP contribution in [0.5, 0.6) is 0 Å². The first kappa shape index (κ1) is 37.4. The summed E-state index contributed by atoms with van der Waals surface area (Å²) in [5, 5.41) is 34.2. The molecule has 2 heterocycles. The Labute approximate surface area is 320 Å². The lowest BCUT2D eigenvalue weighted by Gasteiger charge is -2.16. The van der Waals surface area contributed by atoms with E-state index in [-0.39, 0.29) is 0 Å². The largest absolute Gasteiger partial charge is 0.339 e. The van der Waals surface area contributed by atoms with Gasteiger partial charge in [-0.3, -0.25) is 0 Å². The van der Waals surface area contributed by atoms with Crippen LogP contribution < -0.4 is 10.6 Å². The highest BCUT2D eigenvalue weighted by Gasteiger charge is 2.19. The van der Waals surface area contributed by atoms with Crippen molar-refractivity contribution in [1.82, 2.24) is 9.97 Å². The Morgan fingerprint density at radius 1 is 0.778 bits per heavy atom. The molecule has 1 atom stereocenters. The average molecular weight is 730 g/mol. The van der Waals surface area contributed by atoms with Crippen LogP contribution in [-0.4, -0.2) is 9.97 Å². The molecular weight excluding hydrogens is 687 g/mol. The molecule has 0 radical (unpaired) electrons. The quantitative estimate of drug-likeness (QED) is 0.134. The van der Waals surface area contributed by atoms with Gasteiger partial charge in [0.05, 0.1) is 16.9 Å².